The van der Waals surface area contributed by atoms with Gasteiger partial charge < -0.3 is 15.2 Å². The summed E-state index contributed by atoms with van der Waals surface area (Å²) in [6.45, 7) is 1.71. The third-order valence-electron chi connectivity index (χ3n) is 3.64. The van der Waals surface area contributed by atoms with Gasteiger partial charge in [-0.1, -0.05) is 16.8 Å². The average molecular weight is 372 g/mol. The van der Waals surface area contributed by atoms with Crippen molar-refractivity contribution in [3.05, 3.63) is 83.1 Å². The zero-order valence-corrected chi connectivity index (χ0v) is 14.6. The second kappa shape index (κ2) is 7.41. The Morgan fingerprint density at radius 2 is 1.73 bits per heavy atom. The molecule has 3 aromatic rings. The van der Waals surface area contributed by atoms with Crippen LogP contribution in [0, 0.1) is 12.7 Å². The molecule has 0 saturated carbocycles. The first kappa shape index (κ1) is 17.7. The van der Waals surface area contributed by atoms with Crippen molar-refractivity contribution in [3.63, 3.8) is 0 Å². The predicted molar refractivity (Wildman–Crippen MR) is 98.4 cm³/mol. The number of primary amides is 1. The number of carbonyl (C=O) groups excluding carboxylic acids is 1. The summed E-state index contributed by atoms with van der Waals surface area (Å²) in [5.41, 5.74) is 7.34. The van der Waals surface area contributed by atoms with Crippen LogP contribution in [0.4, 0.5) is 15.8 Å². The number of nitrogens with two attached hydrogens (primary N) is 1. The Kier molecular flexibility index (Phi) is 5.04. The number of aromatic nitrogens is 1. The highest BCUT2D eigenvalue weighted by molar-refractivity contribution is 6.30. The standard InChI is InChI=1S/C19H15ClFN3O2/c1-12-10-18(23-26-12)17(19(22)25)11-24(15-6-2-13(20)3-7-15)16-8-4-14(21)5-9-16/h2-11H,1H3,(H2,22,25)/b17-11-. The lowest BCUT2D eigenvalue weighted by Crippen LogP contribution is -2.18. The summed E-state index contributed by atoms with van der Waals surface area (Å²) in [7, 11) is 0. The third-order valence-corrected chi connectivity index (χ3v) is 3.89. The van der Waals surface area contributed by atoms with E-state index in [4.69, 9.17) is 21.9 Å². The Hall–Kier alpha value is -3.12. The van der Waals surface area contributed by atoms with E-state index >= 15 is 0 Å². The Balaban J connectivity index is 2.13. The summed E-state index contributed by atoms with van der Waals surface area (Å²) in [5, 5.41) is 4.42. The number of hydrogen-bond acceptors (Lipinski definition) is 4. The van der Waals surface area contributed by atoms with Crippen LogP contribution in [0.3, 0.4) is 0 Å². The number of rotatable bonds is 5. The van der Waals surface area contributed by atoms with E-state index in [2.05, 4.69) is 5.16 Å². The highest BCUT2D eigenvalue weighted by Gasteiger charge is 2.17. The molecule has 0 saturated heterocycles. The van der Waals surface area contributed by atoms with Crippen molar-refractivity contribution in [2.75, 3.05) is 4.90 Å². The molecule has 7 heteroatoms. The molecule has 1 amide bonds. The van der Waals surface area contributed by atoms with Gasteiger partial charge in [-0.2, -0.15) is 0 Å². The monoisotopic (exact) mass is 371 g/mol. The summed E-state index contributed by atoms with van der Waals surface area (Å²) >= 11 is 5.96. The lowest BCUT2D eigenvalue weighted by molar-refractivity contribution is -0.112. The molecular weight excluding hydrogens is 357 g/mol. The topological polar surface area (TPSA) is 72.4 Å². The Bertz CT molecular complexity index is 904. The molecule has 5 nitrogen and oxygen atoms in total. The molecule has 132 valence electrons. The quantitative estimate of drug-likeness (QED) is 0.673. The number of halogens is 2. The molecule has 0 bridgehead atoms. The van der Waals surface area contributed by atoms with Gasteiger partial charge in [0.1, 0.15) is 17.3 Å². The van der Waals surface area contributed by atoms with E-state index in [1.807, 2.05) is 0 Å². The predicted octanol–water partition coefficient (Wildman–Crippen LogP) is 4.44. The number of amides is 1. The van der Waals surface area contributed by atoms with Crippen LogP contribution in [0.15, 0.2) is 65.3 Å². The van der Waals surface area contributed by atoms with Crippen molar-refractivity contribution in [3.8, 4) is 0 Å². The molecule has 0 aliphatic rings. The molecule has 0 atom stereocenters. The second-order valence-electron chi connectivity index (χ2n) is 5.55. The summed E-state index contributed by atoms with van der Waals surface area (Å²) in [6, 6.07) is 14.4. The van der Waals surface area contributed by atoms with Gasteiger partial charge in [-0.3, -0.25) is 4.79 Å². The summed E-state index contributed by atoms with van der Waals surface area (Å²) in [5.74, 6) is -0.484. The fourth-order valence-electron chi connectivity index (χ4n) is 2.38. The lowest BCUT2D eigenvalue weighted by atomic mass is 10.1. The summed E-state index contributed by atoms with van der Waals surface area (Å²) in [6.07, 6.45) is 1.54. The van der Waals surface area contributed by atoms with E-state index in [1.54, 1.807) is 54.3 Å². The molecule has 0 spiro atoms. The largest absolute Gasteiger partial charge is 0.365 e. The minimum atomic E-state index is -0.667. The zero-order valence-electron chi connectivity index (χ0n) is 13.8. The second-order valence-corrected chi connectivity index (χ2v) is 5.99. The van der Waals surface area contributed by atoms with Gasteiger partial charge in [-0.25, -0.2) is 4.39 Å². The molecule has 3 rings (SSSR count). The Labute approximate surface area is 154 Å². The Morgan fingerprint density at radius 3 is 2.23 bits per heavy atom. The number of benzene rings is 2. The van der Waals surface area contributed by atoms with Crippen LogP contribution in [-0.4, -0.2) is 11.1 Å². The molecule has 1 aromatic heterocycles. The first-order valence-electron chi connectivity index (χ1n) is 7.70. The molecule has 0 aliphatic carbocycles. The molecule has 0 radical (unpaired) electrons. The van der Waals surface area contributed by atoms with Crippen molar-refractivity contribution in [1.82, 2.24) is 5.16 Å². The molecule has 2 aromatic carbocycles. The van der Waals surface area contributed by atoms with Crippen molar-refractivity contribution in [2.45, 2.75) is 6.92 Å². The van der Waals surface area contributed by atoms with Crippen LogP contribution in [0.5, 0.6) is 0 Å². The first-order chi connectivity index (χ1) is 12.4. The molecule has 1 heterocycles. The van der Waals surface area contributed by atoms with Crippen molar-refractivity contribution in [2.24, 2.45) is 5.73 Å². The van der Waals surface area contributed by atoms with Gasteiger partial charge in [0.05, 0.1) is 5.57 Å². The molecule has 26 heavy (non-hydrogen) atoms. The molecule has 0 fully saturated rings. The maximum absolute atomic E-state index is 13.3. The minimum Gasteiger partial charge on any atom is -0.365 e. The number of aryl methyl sites for hydroxylation is 1. The highest BCUT2D eigenvalue weighted by Crippen LogP contribution is 2.29. The van der Waals surface area contributed by atoms with E-state index in [1.165, 1.54) is 18.3 Å². The van der Waals surface area contributed by atoms with E-state index < -0.39 is 5.91 Å². The van der Waals surface area contributed by atoms with Crippen molar-refractivity contribution >= 4 is 34.5 Å². The van der Waals surface area contributed by atoms with E-state index in [9.17, 15) is 9.18 Å². The van der Waals surface area contributed by atoms with Crippen LogP contribution in [-0.2, 0) is 4.79 Å². The fourth-order valence-corrected chi connectivity index (χ4v) is 2.51. The maximum Gasteiger partial charge on any atom is 0.252 e. The average Bonchev–Trinajstić information content (AvgIpc) is 3.04. The molecule has 2 N–H and O–H groups in total. The summed E-state index contributed by atoms with van der Waals surface area (Å²) in [4.78, 5) is 13.7. The highest BCUT2D eigenvalue weighted by atomic mass is 35.5. The zero-order chi connectivity index (χ0) is 18.7. The minimum absolute atomic E-state index is 0.154. The molecule has 0 aliphatic heterocycles. The van der Waals surface area contributed by atoms with Crippen LogP contribution >= 0.6 is 11.6 Å². The van der Waals surface area contributed by atoms with Gasteiger partial charge in [0.2, 0.25) is 0 Å². The van der Waals surface area contributed by atoms with Gasteiger partial charge >= 0.3 is 0 Å². The van der Waals surface area contributed by atoms with Gasteiger partial charge in [-0.05, 0) is 55.5 Å². The van der Waals surface area contributed by atoms with Crippen molar-refractivity contribution < 1.29 is 13.7 Å². The number of hydrogen-bond donors (Lipinski definition) is 1. The number of nitrogens with zero attached hydrogens (tertiary/aromatic N) is 2. The normalized spacial score (nSPS) is 11.4. The van der Waals surface area contributed by atoms with Crippen LogP contribution in [0.25, 0.3) is 5.57 Å². The lowest BCUT2D eigenvalue weighted by Gasteiger charge is -2.22. The Morgan fingerprint density at radius 1 is 1.15 bits per heavy atom. The SMILES string of the molecule is Cc1cc(/C(=C/N(c2ccc(F)cc2)c2ccc(Cl)cc2)C(N)=O)no1. The maximum atomic E-state index is 13.3. The van der Waals surface area contributed by atoms with E-state index in [0.717, 1.165) is 0 Å². The third kappa shape index (κ3) is 3.92. The number of carbonyl (C=O) groups is 1. The van der Waals surface area contributed by atoms with Crippen LogP contribution < -0.4 is 10.6 Å². The fraction of sp³-hybridized carbons (Fsp3) is 0.0526. The van der Waals surface area contributed by atoms with Crippen molar-refractivity contribution in [1.29, 1.82) is 0 Å². The van der Waals surface area contributed by atoms with E-state index in [-0.39, 0.29) is 11.4 Å². The van der Waals surface area contributed by atoms with Gasteiger partial charge in [0.15, 0.2) is 0 Å². The van der Waals surface area contributed by atoms with Gasteiger partial charge in [-0.15, -0.1) is 0 Å². The first-order valence-corrected chi connectivity index (χ1v) is 8.07. The number of anilines is 2. The van der Waals surface area contributed by atoms with Crippen LogP contribution in [0.2, 0.25) is 5.02 Å². The van der Waals surface area contributed by atoms with Crippen LogP contribution in [0.1, 0.15) is 11.5 Å². The van der Waals surface area contributed by atoms with E-state index in [0.29, 0.717) is 27.9 Å². The molecule has 0 unspecified atom stereocenters. The molecular formula is C19H15ClFN3O2. The summed E-state index contributed by atoms with van der Waals surface area (Å²) < 4.78 is 18.4. The van der Waals surface area contributed by atoms with Gasteiger partial charge in [0, 0.05) is 28.7 Å². The van der Waals surface area contributed by atoms with Gasteiger partial charge in [0.25, 0.3) is 5.91 Å². The smallest absolute Gasteiger partial charge is 0.252 e.